The lowest BCUT2D eigenvalue weighted by atomic mass is 10.1. The van der Waals surface area contributed by atoms with Crippen LogP contribution >= 0.6 is 0 Å². The molecular weight excluding hydrogens is 310 g/mol. The Hall–Kier alpha value is -0.950. The molecule has 0 unspecified atom stereocenters. The smallest absolute Gasteiger partial charge is 0.243 e. The molecule has 1 aliphatic rings. The summed E-state index contributed by atoms with van der Waals surface area (Å²) in [5.41, 5.74) is 2.14. The van der Waals surface area contributed by atoms with Gasteiger partial charge in [0.2, 0.25) is 10.0 Å². The van der Waals surface area contributed by atoms with Crippen molar-refractivity contribution in [1.29, 1.82) is 0 Å². The number of hydrogen-bond acceptors (Lipinski definition) is 4. The van der Waals surface area contributed by atoms with Crippen molar-refractivity contribution in [2.75, 3.05) is 53.4 Å². The van der Waals surface area contributed by atoms with Gasteiger partial charge in [-0.1, -0.05) is 6.07 Å². The number of piperazine rings is 1. The van der Waals surface area contributed by atoms with E-state index in [0.717, 1.165) is 43.7 Å². The maximum Gasteiger partial charge on any atom is 0.243 e. The Morgan fingerprint density at radius 3 is 2.26 bits per heavy atom. The molecule has 0 bridgehead atoms. The number of nitrogens with zero attached hydrogens (tertiary/aromatic N) is 3. The molecule has 1 aromatic rings. The second kappa shape index (κ2) is 7.75. The summed E-state index contributed by atoms with van der Waals surface area (Å²) in [6.07, 6.45) is 1.12. The summed E-state index contributed by atoms with van der Waals surface area (Å²) in [7, 11) is 0.795. The zero-order valence-corrected chi connectivity index (χ0v) is 15.6. The van der Waals surface area contributed by atoms with E-state index < -0.39 is 10.0 Å². The Kier molecular flexibility index (Phi) is 6.19. The Morgan fingerprint density at radius 2 is 1.70 bits per heavy atom. The van der Waals surface area contributed by atoms with Gasteiger partial charge in [0, 0.05) is 26.2 Å². The van der Waals surface area contributed by atoms with E-state index in [1.807, 2.05) is 19.9 Å². The van der Waals surface area contributed by atoms with E-state index in [1.54, 1.807) is 16.4 Å². The predicted octanol–water partition coefficient (Wildman–Crippen LogP) is 1.56. The van der Waals surface area contributed by atoms with Crippen LogP contribution in [0.2, 0.25) is 0 Å². The molecule has 1 fully saturated rings. The molecule has 1 heterocycles. The van der Waals surface area contributed by atoms with Crippen LogP contribution in [-0.2, 0) is 10.0 Å². The molecule has 23 heavy (non-hydrogen) atoms. The van der Waals surface area contributed by atoms with Gasteiger partial charge in [-0.3, -0.25) is 0 Å². The van der Waals surface area contributed by atoms with Crippen LogP contribution in [-0.4, -0.2) is 75.9 Å². The number of hydrogen-bond donors (Lipinski definition) is 0. The van der Waals surface area contributed by atoms with Gasteiger partial charge in [-0.2, -0.15) is 4.31 Å². The number of benzene rings is 1. The highest BCUT2D eigenvalue weighted by molar-refractivity contribution is 7.89. The van der Waals surface area contributed by atoms with E-state index in [4.69, 9.17) is 0 Å². The molecule has 0 aromatic heterocycles. The normalized spacial score (nSPS) is 17.8. The highest BCUT2D eigenvalue weighted by atomic mass is 32.2. The molecule has 0 spiro atoms. The zero-order chi connectivity index (χ0) is 17.0. The highest BCUT2D eigenvalue weighted by Gasteiger charge is 2.28. The van der Waals surface area contributed by atoms with Crippen molar-refractivity contribution in [2.24, 2.45) is 0 Å². The summed E-state index contributed by atoms with van der Waals surface area (Å²) in [4.78, 5) is 4.96. The number of aryl methyl sites for hydroxylation is 2. The van der Waals surface area contributed by atoms with Crippen LogP contribution in [0.4, 0.5) is 0 Å². The van der Waals surface area contributed by atoms with E-state index in [2.05, 4.69) is 23.9 Å². The van der Waals surface area contributed by atoms with Crippen molar-refractivity contribution >= 4 is 10.0 Å². The van der Waals surface area contributed by atoms with Gasteiger partial charge in [-0.15, -0.1) is 0 Å². The molecule has 2 rings (SSSR count). The third-order valence-electron chi connectivity index (χ3n) is 4.53. The molecule has 130 valence electrons. The van der Waals surface area contributed by atoms with Crippen molar-refractivity contribution in [3.63, 3.8) is 0 Å². The fourth-order valence-corrected chi connectivity index (χ4v) is 4.34. The van der Waals surface area contributed by atoms with Crippen molar-refractivity contribution in [2.45, 2.75) is 25.2 Å². The third-order valence-corrected chi connectivity index (χ3v) is 6.42. The first-order valence-corrected chi connectivity index (χ1v) is 9.69. The average molecular weight is 340 g/mol. The fraction of sp³-hybridized carbons (Fsp3) is 0.647. The first-order valence-electron chi connectivity index (χ1n) is 8.25. The maximum atomic E-state index is 12.8. The zero-order valence-electron chi connectivity index (χ0n) is 14.7. The first-order chi connectivity index (χ1) is 10.8. The van der Waals surface area contributed by atoms with Gasteiger partial charge in [0.05, 0.1) is 4.90 Å². The third kappa shape index (κ3) is 4.76. The van der Waals surface area contributed by atoms with Crippen LogP contribution in [0.25, 0.3) is 0 Å². The van der Waals surface area contributed by atoms with Gasteiger partial charge < -0.3 is 9.80 Å². The molecule has 1 aliphatic heterocycles. The monoisotopic (exact) mass is 339 g/mol. The SMILES string of the molecule is Cc1ccc(S(=O)(=O)N2CCN(CCCN(C)C)CC2)cc1C. The van der Waals surface area contributed by atoms with E-state index in [-0.39, 0.29) is 0 Å². The molecule has 1 saturated heterocycles. The van der Waals surface area contributed by atoms with Crippen LogP contribution in [0.5, 0.6) is 0 Å². The van der Waals surface area contributed by atoms with Crippen molar-refractivity contribution < 1.29 is 8.42 Å². The second-order valence-electron chi connectivity index (χ2n) is 6.65. The minimum Gasteiger partial charge on any atom is -0.309 e. The summed E-state index contributed by atoms with van der Waals surface area (Å²) in [5.74, 6) is 0. The Balaban J connectivity index is 1.94. The van der Waals surface area contributed by atoms with E-state index in [0.29, 0.717) is 18.0 Å². The molecule has 6 heteroatoms. The fourth-order valence-electron chi connectivity index (χ4n) is 2.83. The Bertz CT molecular complexity index is 621. The number of sulfonamides is 1. The molecule has 0 aliphatic carbocycles. The van der Waals surface area contributed by atoms with Gasteiger partial charge >= 0.3 is 0 Å². The van der Waals surface area contributed by atoms with E-state index in [9.17, 15) is 8.42 Å². The van der Waals surface area contributed by atoms with Crippen LogP contribution in [0.1, 0.15) is 17.5 Å². The molecule has 0 atom stereocenters. The minimum atomic E-state index is -3.36. The lowest BCUT2D eigenvalue weighted by Crippen LogP contribution is -2.48. The lowest BCUT2D eigenvalue weighted by Gasteiger charge is -2.34. The molecule has 0 amide bonds. The maximum absolute atomic E-state index is 12.8. The first kappa shape index (κ1) is 18.4. The van der Waals surface area contributed by atoms with Gasteiger partial charge in [0.15, 0.2) is 0 Å². The molecule has 5 nitrogen and oxygen atoms in total. The van der Waals surface area contributed by atoms with Crippen LogP contribution in [0, 0.1) is 13.8 Å². The van der Waals surface area contributed by atoms with Gasteiger partial charge in [-0.05, 0) is 70.7 Å². The molecule has 0 radical (unpaired) electrons. The summed E-state index contributed by atoms with van der Waals surface area (Å²) < 4.78 is 27.1. The molecule has 1 aromatic carbocycles. The van der Waals surface area contributed by atoms with Gasteiger partial charge in [0.25, 0.3) is 0 Å². The van der Waals surface area contributed by atoms with Crippen molar-refractivity contribution in [1.82, 2.24) is 14.1 Å². The minimum absolute atomic E-state index is 0.418. The summed E-state index contributed by atoms with van der Waals surface area (Å²) in [5, 5.41) is 0. The van der Waals surface area contributed by atoms with Crippen LogP contribution < -0.4 is 0 Å². The van der Waals surface area contributed by atoms with E-state index in [1.165, 1.54) is 0 Å². The molecular formula is C17H29N3O2S. The van der Waals surface area contributed by atoms with Crippen LogP contribution in [0.3, 0.4) is 0 Å². The second-order valence-corrected chi connectivity index (χ2v) is 8.59. The quantitative estimate of drug-likeness (QED) is 0.789. The lowest BCUT2D eigenvalue weighted by molar-refractivity contribution is 0.181. The van der Waals surface area contributed by atoms with Crippen molar-refractivity contribution in [3.8, 4) is 0 Å². The van der Waals surface area contributed by atoms with Crippen LogP contribution in [0.15, 0.2) is 23.1 Å². The average Bonchev–Trinajstić information content (AvgIpc) is 2.50. The largest absolute Gasteiger partial charge is 0.309 e. The predicted molar refractivity (Wildman–Crippen MR) is 94.3 cm³/mol. The van der Waals surface area contributed by atoms with E-state index >= 15 is 0 Å². The summed E-state index contributed by atoms with van der Waals surface area (Å²) in [6, 6.07) is 5.40. The Labute approximate surface area is 140 Å². The topological polar surface area (TPSA) is 43.9 Å². The standard InChI is InChI=1S/C17H29N3O2S/c1-15-6-7-17(14-16(15)2)23(21,22)20-12-10-19(11-13-20)9-5-8-18(3)4/h6-7,14H,5,8-13H2,1-4H3. The summed E-state index contributed by atoms with van der Waals surface area (Å²) in [6.45, 7) is 8.86. The van der Waals surface area contributed by atoms with Crippen molar-refractivity contribution in [3.05, 3.63) is 29.3 Å². The molecule has 0 saturated carbocycles. The molecule has 0 N–H and O–H groups in total. The Morgan fingerprint density at radius 1 is 1.04 bits per heavy atom. The summed E-state index contributed by atoms with van der Waals surface area (Å²) >= 11 is 0. The number of rotatable bonds is 6. The highest BCUT2D eigenvalue weighted by Crippen LogP contribution is 2.20. The van der Waals surface area contributed by atoms with Gasteiger partial charge in [0.1, 0.15) is 0 Å². The van der Waals surface area contributed by atoms with Gasteiger partial charge in [-0.25, -0.2) is 8.42 Å².